The zero-order chi connectivity index (χ0) is 14.9. The molecular formula is C15H20ClFN2OS. The van der Waals surface area contributed by atoms with Crippen molar-refractivity contribution in [2.75, 3.05) is 18.1 Å². The van der Waals surface area contributed by atoms with E-state index in [4.69, 9.17) is 22.2 Å². The number of hydrogen-bond donors (Lipinski definition) is 2. The van der Waals surface area contributed by atoms with Crippen molar-refractivity contribution >= 4 is 23.4 Å². The van der Waals surface area contributed by atoms with Crippen LogP contribution in [0.5, 0.6) is 0 Å². The predicted molar refractivity (Wildman–Crippen MR) is 84.8 cm³/mol. The third kappa shape index (κ3) is 3.08. The topological polar surface area (TPSA) is 47.3 Å². The molecule has 2 fully saturated rings. The quantitative estimate of drug-likeness (QED) is 0.659. The van der Waals surface area contributed by atoms with Crippen LogP contribution < -0.4 is 11.3 Å². The summed E-state index contributed by atoms with van der Waals surface area (Å²) in [6, 6.07) is 4.87. The number of rotatable bonds is 3. The maximum absolute atomic E-state index is 14.3. The first-order valence-electron chi connectivity index (χ1n) is 7.27. The van der Waals surface area contributed by atoms with E-state index in [0.717, 1.165) is 30.8 Å². The molecule has 21 heavy (non-hydrogen) atoms. The van der Waals surface area contributed by atoms with Crippen LogP contribution in [-0.2, 0) is 4.74 Å². The van der Waals surface area contributed by atoms with Crippen LogP contribution in [0.15, 0.2) is 18.2 Å². The Morgan fingerprint density at radius 1 is 1.52 bits per heavy atom. The van der Waals surface area contributed by atoms with E-state index in [1.54, 1.807) is 18.2 Å². The molecule has 2 aliphatic rings. The molecule has 1 aromatic carbocycles. The van der Waals surface area contributed by atoms with E-state index in [-0.39, 0.29) is 28.4 Å². The van der Waals surface area contributed by atoms with E-state index < -0.39 is 0 Å². The Bertz CT molecular complexity index is 510. The van der Waals surface area contributed by atoms with E-state index in [2.05, 4.69) is 5.43 Å². The second-order valence-electron chi connectivity index (χ2n) is 5.87. The summed E-state index contributed by atoms with van der Waals surface area (Å²) in [5.41, 5.74) is 3.31. The first kappa shape index (κ1) is 15.6. The number of ether oxygens (including phenoxy) is 1. The Balaban J connectivity index is 1.84. The highest BCUT2D eigenvalue weighted by Crippen LogP contribution is 2.44. The van der Waals surface area contributed by atoms with E-state index in [0.29, 0.717) is 12.2 Å². The molecule has 1 spiro atoms. The van der Waals surface area contributed by atoms with Crippen LogP contribution in [-0.4, -0.2) is 23.7 Å². The highest BCUT2D eigenvalue weighted by Gasteiger charge is 2.43. The normalized spacial score (nSPS) is 30.7. The van der Waals surface area contributed by atoms with E-state index in [1.807, 2.05) is 11.8 Å². The summed E-state index contributed by atoms with van der Waals surface area (Å²) < 4.78 is 20.3. The molecule has 116 valence electrons. The van der Waals surface area contributed by atoms with Crippen molar-refractivity contribution in [3.63, 3.8) is 0 Å². The molecule has 0 saturated carbocycles. The Morgan fingerprint density at radius 2 is 2.38 bits per heavy atom. The van der Waals surface area contributed by atoms with Crippen LogP contribution in [0.1, 0.15) is 30.9 Å². The minimum absolute atomic E-state index is 0.0439. The fraction of sp³-hybridized carbons (Fsp3) is 0.600. The molecule has 2 aliphatic heterocycles. The van der Waals surface area contributed by atoms with Gasteiger partial charge in [0.25, 0.3) is 0 Å². The van der Waals surface area contributed by atoms with Gasteiger partial charge in [-0.3, -0.25) is 11.3 Å². The third-order valence-electron chi connectivity index (χ3n) is 4.57. The summed E-state index contributed by atoms with van der Waals surface area (Å²) in [6.07, 6.45) is 2.87. The lowest BCUT2D eigenvalue weighted by Gasteiger charge is -2.41. The molecule has 0 bridgehead atoms. The van der Waals surface area contributed by atoms with Crippen molar-refractivity contribution in [2.45, 2.75) is 30.9 Å². The first-order valence-corrected chi connectivity index (χ1v) is 8.80. The number of hydrazine groups is 1. The highest BCUT2D eigenvalue weighted by molar-refractivity contribution is 7.99. The molecule has 3 N–H and O–H groups in total. The number of nitrogens with two attached hydrogens (primary N) is 1. The van der Waals surface area contributed by atoms with E-state index >= 15 is 0 Å². The number of benzene rings is 1. The second-order valence-corrected chi connectivity index (χ2v) is 7.39. The van der Waals surface area contributed by atoms with Crippen molar-refractivity contribution in [1.29, 1.82) is 0 Å². The Labute approximate surface area is 133 Å². The van der Waals surface area contributed by atoms with Crippen LogP contribution in [0.2, 0.25) is 5.02 Å². The van der Waals surface area contributed by atoms with Gasteiger partial charge in [0, 0.05) is 17.9 Å². The smallest absolute Gasteiger partial charge is 0.146 e. The standard InChI is InChI=1S/C15H20ClFN2OS/c16-12-3-1-2-11(13(12)17)14(19-18)10-4-6-20-15(8-10)5-7-21-9-15/h1-3,10,14,19H,4-9,18H2. The maximum Gasteiger partial charge on any atom is 0.146 e. The summed E-state index contributed by atoms with van der Waals surface area (Å²) in [6.45, 7) is 0.714. The molecule has 1 aromatic rings. The molecular weight excluding hydrogens is 311 g/mol. The van der Waals surface area contributed by atoms with Gasteiger partial charge in [-0.05, 0) is 37.0 Å². The van der Waals surface area contributed by atoms with E-state index in [9.17, 15) is 4.39 Å². The van der Waals surface area contributed by atoms with Gasteiger partial charge in [-0.15, -0.1) is 0 Å². The molecule has 0 amide bonds. The van der Waals surface area contributed by atoms with Gasteiger partial charge in [-0.1, -0.05) is 23.7 Å². The fourth-order valence-electron chi connectivity index (χ4n) is 3.45. The Kier molecular flexibility index (Phi) is 4.76. The molecule has 2 saturated heterocycles. The summed E-state index contributed by atoms with van der Waals surface area (Å²) in [7, 11) is 0. The van der Waals surface area contributed by atoms with Crippen molar-refractivity contribution in [1.82, 2.24) is 5.43 Å². The van der Waals surface area contributed by atoms with Crippen LogP contribution in [0.3, 0.4) is 0 Å². The van der Waals surface area contributed by atoms with Gasteiger partial charge in [0.2, 0.25) is 0 Å². The Morgan fingerprint density at radius 3 is 3.10 bits per heavy atom. The molecule has 6 heteroatoms. The second kappa shape index (κ2) is 6.42. The molecule has 0 radical (unpaired) electrons. The molecule has 3 nitrogen and oxygen atoms in total. The van der Waals surface area contributed by atoms with Gasteiger partial charge in [-0.2, -0.15) is 11.8 Å². The lowest BCUT2D eigenvalue weighted by atomic mass is 9.79. The van der Waals surface area contributed by atoms with Crippen molar-refractivity contribution in [2.24, 2.45) is 11.8 Å². The monoisotopic (exact) mass is 330 g/mol. The average molecular weight is 331 g/mol. The van der Waals surface area contributed by atoms with Gasteiger partial charge < -0.3 is 4.74 Å². The summed E-state index contributed by atoms with van der Waals surface area (Å²) in [4.78, 5) is 0. The lowest BCUT2D eigenvalue weighted by Crippen LogP contribution is -2.45. The molecule has 3 unspecified atom stereocenters. The van der Waals surface area contributed by atoms with Gasteiger partial charge >= 0.3 is 0 Å². The molecule has 0 aromatic heterocycles. The fourth-order valence-corrected chi connectivity index (χ4v) is 5.01. The SMILES string of the molecule is NNC(c1cccc(Cl)c1F)C1CCOC2(CCSC2)C1. The average Bonchev–Trinajstić information content (AvgIpc) is 2.92. The molecule has 0 aliphatic carbocycles. The van der Waals surface area contributed by atoms with E-state index in [1.165, 1.54) is 0 Å². The van der Waals surface area contributed by atoms with Crippen LogP contribution in [0.4, 0.5) is 4.39 Å². The van der Waals surface area contributed by atoms with Crippen LogP contribution >= 0.6 is 23.4 Å². The summed E-state index contributed by atoms with van der Waals surface area (Å²) in [5.74, 6) is 7.79. The van der Waals surface area contributed by atoms with Gasteiger partial charge in [0.15, 0.2) is 0 Å². The number of thioether (sulfide) groups is 1. The van der Waals surface area contributed by atoms with Crippen molar-refractivity contribution in [3.8, 4) is 0 Å². The summed E-state index contributed by atoms with van der Waals surface area (Å²) in [5, 5.41) is 0.144. The molecule has 3 rings (SSSR count). The largest absolute Gasteiger partial charge is 0.374 e. The maximum atomic E-state index is 14.3. The van der Waals surface area contributed by atoms with Crippen molar-refractivity contribution in [3.05, 3.63) is 34.6 Å². The highest BCUT2D eigenvalue weighted by atomic mass is 35.5. The predicted octanol–water partition coefficient (Wildman–Crippen LogP) is 3.29. The van der Waals surface area contributed by atoms with Gasteiger partial charge in [0.1, 0.15) is 5.82 Å². The summed E-state index contributed by atoms with van der Waals surface area (Å²) >= 11 is 7.83. The zero-order valence-corrected chi connectivity index (χ0v) is 13.4. The van der Waals surface area contributed by atoms with Crippen LogP contribution in [0.25, 0.3) is 0 Å². The lowest BCUT2D eigenvalue weighted by molar-refractivity contribution is -0.0856. The van der Waals surface area contributed by atoms with Gasteiger partial charge in [0.05, 0.1) is 16.7 Å². The minimum atomic E-state index is -0.372. The third-order valence-corrected chi connectivity index (χ3v) is 6.08. The number of hydrogen-bond acceptors (Lipinski definition) is 4. The van der Waals surface area contributed by atoms with Gasteiger partial charge in [-0.25, -0.2) is 4.39 Å². The van der Waals surface area contributed by atoms with Crippen molar-refractivity contribution < 1.29 is 9.13 Å². The minimum Gasteiger partial charge on any atom is -0.374 e. The zero-order valence-electron chi connectivity index (χ0n) is 11.8. The molecule has 3 atom stereocenters. The van der Waals surface area contributed by atoms with Crippen LogP contribution in [0, 0.1) is 11.7 Å². The number of halogens is 2. The Hall–Kier alpha value is -0.330. The first-order chi connectivity index (χ1) is 10.2. The number of nitrogens with one attached hydrogen (secondary N) is 1. The molecule has 2 heterocycles.